The van der Waals surface area contributed by atoms with Gasteiger partial charge in [0.1, 0.15) is 4.47 Å². The van der Waals surface area contributed by atoms with Gasteiger partial charge in [-0.15, -0.1) is 0 Å². The molecule has 0 aromatic carbocycles. The van der Waals surface area contributed by atoms with Crippen molar-refractivity contribution in [3.63, 3.8) is 0 Å². The van der Waals surface area contributed by atoms with Crippen LogP contribution in [0.25, 0.3) is 0 Å². The summed E-state index contributed by atoms with van der Waals surface area (Å²) in [6, 6.07) is 0. The third kappa shape index (κ3) is 5.79. The molecule has 21 heavy (non-hydrogen) atoms. The molecule has 0 aliphatic carbocycles. The fraction of sp³-hybridized carbons (Fsp3) is 0.733. The van der Waals surface area contributed by atoms with E-state index in [1.807, 2.05) is 0 Å². The Morgan fingerprint density at radius 2 is 2.19 bits per heavy atom. The number of hydrogen-bond acceptors (Lipinski definition) is 4. The van der Waals surface area contributed by atoms with Crippen molar-refractivity contribution in [1.29, 1.82) is 0 Å². The molecule has 0 amide bonds. The average Bonchev–Trinajstić information content (AvgIpc) is 2.46. The van der Waals surface area contributed by atoms with E-state index in [1.54, 1.807) is 13.3 Å². The third-order valence-corrected chi connectivity index (χ3v) is 4.22. The van der Waals surface area contributed by atoms with Gasteiger partial charge in [-0.3, -0.25) is 4.79 Å². The van der Waals surface area contributed by atoms with Crippen LogP contribution in [-0.4, -0.2) is 30.0 Å². The Balaban J connectivity index is 2.72. The minimum Gasteiger partial charge on any atom is -0.385 e. The van der Waals surface area contributed by atoms with Gasteiger partial charge in [-0.2, -0.15) is 5.10 Å². The van der Waals surface area contributed by atoms with E-state index < -0.39 is 0 Å². The second kappa shape index (κ2) is 8.54. The molecule has 0 atom stereocenters. The van der Waals surface area contributed by atoms with Gasteiger partial charge >= 0.3 is 0 Å². The molecule has 1 heterocycles. The van der Waals surface area contributed by atoms with Gasteiger partial charge in [-0.05, 0) is 34.2 Å². The Hall–Kier alpha value is -0.880. The first-order valence-corrected chi connectivity index (χ1v) is 8.19. The first-order chi connectivity index (χ1) is 9.91. The van der Waals surface area contributed by atoms with Crippen molar-refractivity contribution in [1.82, 2.24) is 9.78 Å². The van der Waals surface area contributed by atoms with Crippen LogP contribution in [-0.2, 0) is 11.3 Å². The zero-order chi connectivity index (χ0) is 15.9. The van der Waals surface area contributed by atoms with Gasteiger partial charge in [0.2, 0.25) is 0 Å². The Kier molecular flexibility index (Phi) is 7.39. The maximum absolute atomic E-state index is 12.2. The highest BCUT2D eigenvalue weighted by Crippen LogP contribution is 2.23. The van der Waals surface area contributed by atoms with E-state index in [0.29, 0.717) is 11.0 Å². The number of nitrogens with zero attached hydrogens (tertiary/aromatic N) is 2. The number of aromatic nitrogens is 2. The molecular formula is C15H26BrN3O2. The van der Waals surface area contributed by atoms with Crippen LogP contribution in [0.15, 0.2) is 15.5 Å². The largest absolute Gasteiger partial charge is 0.385 e. The molecule has 1 aromatic rings. The Morgan fingerprint density at radius 1 is 1.48 bits per heavy atom. The van der Waals surface area contributed by atoms with Crippen LogP contribution in [0.4, 0.5) is 5.69 Å². The summed E-state index contributed by atoms with van der Waals surface area (Å²) in [6.07, 6.45) is 4.66. The number of unbranched alkanes of at least 4 members (excludes halogenated alkanes) is 1. The minimum atomic E-state index is -0.0804. The van der Waals surface area contributed by atoms with E-state index in [4.69, 9.17) is 4.74 Å². The Bertz CT molecular complexity index is 500. The number of halogens is 1. The molecule has 1 aromatic heterocycles. The summed E-state index contributed by atoms with van der Waals surface area (Å²) in [5.41, 5.74) is 0.758. The van der Waals surface area contributed by atoms with Crippen LogP contribution in [0, 0.1) is 5.41 Å². The third-order valence-electron chi connectivity index (χ3n) is 3.45. The minimum absolute atomic E-state index is 0.0804. The maximum Gasteiger partial charge on any atom is 0.283 e. The van der Waals surface area contributed by atoms with Crippen molar-refractivity contribution in [3.8, 4) is 0 Å². The van der Waals surface area contributed by atoms with Gasteiger partial charge in [0.15, 0.2) is 0 Å². The van der Waals surface area contributed by atoms with Crippen molar-refractivity contribution < 1.29 is 4.74 Å². The summed E-state index contributed by atoms with van der Waals surface area (Å²) in [5, 5.41) is 7.53. The average molecular weight is 360 g/mol. The topological polar surface area (TPSA) is 56.1 Å². The smallest absolute Gasteiger partial charge is 0.283 e. The van der Waals surface area contributed by atoms with Gasteiger partial charge in [0.05, 0.1) is 11.9 Å². The highest BCUT2D eigenvalue weighted by atomic mass is 79.9. The highest BCUT2D eigenvalue weighted by Gasteiger charge is 2.18. The normalized spacial score (nSPS) is 11.7. The number of hydrogen-bond donors (Lipinski definition) is 1. The molecule has 6 heteroatoms. The molecule has 0 aliphatic heterocycles. The van der Waals surface area contributed by atoms with Gasteiger partial charge in [0, 0.05) is 26.8 Å². The molecule has 5 nitrogen and oxygen atoms in total. The summed E-state index contributed by atoms with van der Waals surface area (Å²) < 4.78 is 7.18. The zero-order valence-electron chi connectivity index (χ0n) is 13.4. The molecule has 1 rings (SSSR count). The van der Waals surface area contributed by atoms with Crippen molar-refractivity contribution in [2.75, 3.05) is 25.6 Å². The molecule has 0 spiro atoms. The quantitative estimate of drug-likeness (QED) is 0.734. The van der Waals surface area contributed by atoms with Gasteiger partial charge in [0.25, 0.3) is 5.56 Å². The number of rotatable bonds is 9. The van der Waals surface area contributed by atoms with Crippen molar-refractivity contribution in [3.05, 3.63) is 21.0 Å². The summed E-state index contributed by atoms with van der Waals surface area (Å²) in [7, 11) is 1.71. The molecule has 1 N–H and O–H groups in total. The van der Waals surface area contributed by atoms with Crippen LogP contribution >= 0.6 is 15.9 Å². The predicted molar refractivity (Wildman–Crippen MR) is 89.9 cm³/mol. The maximum atomic E-state index is 12.2. The monoisotopic (exact) mass is 359 g/mol. The van der Waals surface area contributed by atoms with E-state index in [-0.39, 0.29) is 11.0 Å². The molecule has 0 bridgehead atoms. The van der Waals surface area contributed by atoms with E-state index >= 15 is 0 Å². The number of ether oxygens (including phenoxy) is 1. The van der Waals surface area contributed by atoms with Crippen molar-refractivity contribution in [2.45, 2.75) is 46.6 Å². The molecule has 0 saturated heterocycles. The van der Waals surface area contributed by atoms with Gasteiger partial charge < -0.3 is 10.1 Å². The lowest BCUT2D eigenvalue weighted by Crippen LogP contribution is -2.28. The molecule has 0 unspecified atom stereocenters. The molecule has 0 aliphatic rings. The summed E-state index contributed by atoms with van der Waals surface area (Å²) >= 11 is 3.38. The molecule has 0 saturated carbocycles. The predicted octanol–water partition coefficient (Wildman–Crippen LogP) is 3.28. The Morgan fingerprint density at radius 3 is 2.81 bits per heavy atom. The lowest BCUT2D eigenvalue weighted by molar-refractivity contribution is 0.157. The first kappa shape index (κ1) is 18.2. The van der Waals surface area contributed by atoms with E-state index in [1.165, 1.54) is 4.68 Å². The lowest BCUT2D eigenvalue weighted by atomic mass is 9.89. The fourth-order valence-corrected chi connectivity index (χ4v) is 2.30. The summed E-state index contributed by atoms with van der Waals surface area (Å²) in [5.74, 6) is 0. The van der Waals surface area contributed by atoms with Crippen LogP contribution in [0.3, 0.4) is 0 Å². The lowest BCUT2D eigenvalue weighted by Gasteiger charge is -2.25. The Labute approximate surface area is 135 Å². The van der Waals surface area contributed by atoms with Gasteiger partial charge in [-0.25, -0.2) is 4.68 Å². The summed E-state index contributed by atoms with van der Waals surface area (Å²) in [6.45, 7) is 8.58. The number of aryl methyl sites for hydroxylation is 1. The molecular weight excluding hydrogens is 334 g/mol. The molecule has 120 valence electrons. The van der Waals surface area contributed by atoms with Crippen LogP contribution in [0.2, 0.25) is 0 Å². The van der Waals surface area contributed by atoms with Crippen LogP contribution < -0.4 is 10.9 Å². The zero-order valence-corrected chi connectivity index (χ0v) is 15.0. The second-order valence-electron chi connectivity index (χ2n) is 6.01. The standard InChI is InChI=1S/C15H26BrN3O2/c1-5-6-8-19-14(20)13(16)12(10-18-19)17-11-15(2,3)7-9-21-4/h10,17H,5-9,11H2,1-4H3. The van der Waals surface area contributed by atoms with Crippen LogP contribution in [0.5, 0.6) is 0 Å². The summed E-state index contributed by atoms with van der Waals surface area (Å²) in [4.78, 5) is 12.2. The molecule has 0 radical (unpaired) electrons. The number of methoxy groups -OCH3 is 1. The second-order valence-corrected chi connectivity index (χ2v) is 6.81. The SMILES string of the molecule is CCCCn1ncc(NCC(C)(C)CCOC)c(Br)c1=O. The van der Waals surface area contributed by atoms with Crippen molar-refractivity contribution >= 4 is 21.6 Å². The molecule has 0 fully saturated rings. The number of anilines is 1. The van der Waals surface area contributed by atoms with Crippen molar-refractivity contribution in [2.24, 2.45) is 5.41 Å². The highest BCUT2D eigenvalue weighted by molar-refractivity contribution is 9.10. The van der Waals surface area contributed by atoms with Gasteiger partial charge in [-0.1, -0.05) is 27.2 Å². The van der Waals surface area contributed by atoms with E-state index in [2.05, 4.69) is 47.1 Å². The fourth-order valence-electron chi connectivity index (χ4n) is 1.86. The van der Waals surface area contributed by atoms with E-state index in [0.717, 1.165) is 38.1 Å². The first-order valence-electron chi connectivity index (χ1n) is 7.39. The van der Waals surface area contributed by atoms with Crippen LogP contribution in [0.1, 0.15) is 40.0 Å². The number of nitrogens with one attached hydrogen (secondary N) is 1. The van der Waals surface area contributed by atoms with E-state index in [9.17, 15) is 4.79 Å².